The van der Waals surface area contributed by atoms with Crippen LogP contribution in [0.5, 0.6) is 0 Å². The van der Waals surface area contributed by atoms with Gasteiger partial charge in [0.1, 0.15) is 18.3 Å². The Hall–Kier alpha value is -1.55. The van der Waals surface area contributed by atoms with Gasteiger partial charge in [-0.3, -0.25) is 14.4 Å². The number of carbonyl (C=O) groups is 3. The van der Waals surface area contributed by atoms with E-state index in [9.17, 15) is 14.4 Å². The first-order chi connectivity index (χ1) is 15.9. The van der Waals surface area contributed by atoms with Gasteiger partial charge in [0.15, 0.2) is 12.1 Å². The third-order valence-corrected chi connectivity index (χ3v) is 7.29. The van der Waals surface area contributed by atoms with Crippen molar-refractivity contribution in [2.75, 3.05) is 0 Å². The van der Waals surface area contributed by atoms with Gasteiger partial charge in [-0.2, -0.15) is 0 Å². The maximum Gasteiger partial charge on any atom is 0.217 e. The van der Waals surface area contributed by atoms with Crippen LogP contribution in [-0.4, -0.2) is 72.6 Å². The topological polar surface area (TPSA) is 112 Å². The fourth-order valence-corrected chi connectivity index (χ4v) is 5.01. The Kier molecular flexibility index (Phi) is 10.5. The highest BCUT2D eigenvalue weighted by Gasteiger charge is 2.50. The van der Waals surface area contributed by atoms with Gasteiger partial charge < -0.3 is 29.6 Å². The second-order valence-corrected chi connectivity index (χ2v) is 9.86. The van der Waals surface area contributed by atoms with Gasteiger partial charge in [0, 0.05) is 13.8 Å². The minimum atomic E-state index is -0.729. The lowest BCUT2D eigenvalue weighted by molar-refractivity contribution is -0.302. The summed E-state index contributed by atoms with van der Waals surface area (Å²) < 4.78 is 25.4. The molecule has 0 radical (unpaired) electrons. The summed E-state index contributed by atoms with van der Waals surface area (Å²) in [7, 11) is 0. The van der Waals surface area contributed by atoms with Crippen LogP contribution < -0.4 is 10.6 Å². The van der Waals surface area contributed by atoms with E-state index in [2.05, 4.69) is 31.4 Å². The fourth-order valence-electron chi connectivity index (χ4n) is 5.01. The van der Waals surface area contributed by atoms with Crippen LogP contribution in [0.15, 0.2) is 0 Å². The molecule has 2 rings (SSSR count). The van der Waals surface area contributed by atoms with E-state index in [1.54, 1.807) is 6.92 Å². The minimum Gasteiger partial charge on any atom is -0.370 e. The molecule has 0 saturated carbocycles. The van der Waals surface area contributed by atoms with E-state index >= 15 is 0 Å². The Labute approximate surface area is 204 Å². The van der Waals surface area contributed by atoms with Crippen LogP contribution in [0.1, 0.15) is 75.2 Å². The molecule has 9 nitrogen and oxygen atoms in total. The largest absolute Gasteiger partial charge is 0.370 e. The van der Waals surface area contributed by atoms with Crippen LogP contribution in [0, 0.1) is 11.8 Å². The van der Waals surface area contributed by atoms with E-state index in [0.29, 0.717) is 6.42 Å². The molecule has 9 heteroatoms. The van der Waals surface area contributed by atoms with Crippen molar-refractivity contribution >= 4 is 17.6 Å². The number of ether oxygens (including phenoxy) is 4. The Morgan fingerprint density at radius 3 is 1.88 bits per heavy atom. The quantitative estimate of drug-likeness (QED) is 0.517. The highest BCUT2D eigenvalue weighted by atomic mass is 16.7. The third-order valence-electron chi connectivity index (χ3n) is 7.29. The van der Waals surface area contributed by atoms with Crippen molar-refractivity contribution in [3.63, 3.8) is 0 Å². The van der Waals surface area contributed by atoms with Gasteiger partial charge in [-0.1, -0.05) is 27.7 Å². The van der Waals surface area contributed by atoms with Gasteiger partial charge in [0.2, 0.25) is 11.8 Å². The Morgan fingerprint density at radius 2 is 1.38 bits per heavy atom. The van der Waals surface area contributed by atoms with Gasteiger partial charge in [-0.15, -0.1) is 0 Å². The van der Waals surface area contributed by atoms with Crippen molar-refractivity contribution < 1.29 is 33.3 Å². The molecule has 0 spiro atoms. The molecule has 0 aliphatic carbocycles. The molecule has 2 fully saturated rings. The molecule has 0 aromatic rings. The number of ketones is 1. The van der Waals surface area contributed by atoms with E-state index in [1.807, 2.05) is 13.8 Å². The highest BCUT2D eigenvalue weighted by Crippen LogP contribution is 2.36. The van der Waals surface area contributed by atoms with Crippen molar-refractivity contribution in [3.8, 4) is 0 Å². The molecular formula is C25H44N2O7. The van der Waals surface area contributed by atoms with Crippen LogP contribution in [0.3, 0.4) is 0 Å². The second-order valence-electron chi connectivity index (χ2n) is 9.86. The molecule has 2 aliphatic rings. The van der Waals surface area contributed by atoms with Crippen LogP contribution in [0.25, 0.3) is 0 Å². The molecule has 2 heterocycles. The van der Waals surface area contributed by atoms with Gasteiger partial charge in [0.05, 0.1) is 30.4 Å². The first-order valence-electron chi connectivity index (χ1n) is 12.6. The molecule has 34 heavy (non-hydrogen) atoms. The van der Waals surface area contributed by atoms with Gasteiger partial charge in [-0.25, -0.2) is 0 Å². The van der Waals surface area contributed by atoms with E-state index in [1.165, 1.54) is 20.8 Å². The maximum absolute atomic E-state index is 12.1. The average Bonchev–Trinajstić information content (AvgIpc) is 2.76. The molecule has 0 aromatic carbocycles. The molecule has 2 N–H and O–H groups in total. The predicted octanol–water partition coefficient (Wildman–Crippen LogP) is 2.35. The molecule has 2 aliphatic heterocycles. The zero-order valence-electron chi connectivity index (χ0n) is 22.1. The normalized spacial score (nSPS) is 39.2. The maximum atomic E-state index is 12.1. The van der Waals surface area contributed by atoms with Crippen LogP contribution in [-0.2, 0) is 33.3 Å². The lowest BCUT2D eigenvalue weighted by Gasteiger charge is -2.50. The first-order valence-corrected chi connectivity index (χ1v) is 12.6. The van der Waals surface area contributed by atoms with E-state index in [4.69, 9.17) is 18.9 Å². The summed E-state index contributed by atoms with van der Waals surface area (Å²) in [5.41, 5.74) is 0. The Balaban J connectivity index is 2.44. The summed E-state index contributed by atoms with van der Waals surface area (Å²) >= 11 is 0. The number of Topliss-reactive ketones (excluding diaryl/α,β-unsaturated/α-hetero) is 1. The van der Waals surface area contributed by atoms with Crippen LogP contribution in [0.4, 0.5) is 0 Å². The van der Waals surface area contributed by atoms with Gasteiger partial charge in [-0.05, 0) is 45.4 Å². The Bertz CT molecular complexity index is 717. The third kappa shape index (κ3) is 6.77. The monoisotopic (exact) mass is 484 g/mol. The first kappa shape index (κ1) is 28.7. The summed E-state index contributed by atoms with van der Waals surface area (Å²) in [6, 6.07) is -0.884. The molecule has 196 valence electrons. The average molecular weight is 485 g/mol. The molecule has 2 amide bonds. The van der Waals surface area contributed by atoms with E-state index in [-0.39, 0.29) is 53.8 Å². The number of amides is 2. The number of carbonyl (C=O) groups excluding carboxylic acids is 3. The smallest absolute Gasteiger partial charge is 0.217 e. The number of hydrogen-bond acceptors (Lipinski definition) is 7. The van der Waals surface area contributed by atoms with Crippen molar-refractivity contribution in [2.24, 2.45) is 11.8 Å². The van der Waals surface area contributed by atoms with Crippen molar-refractivity contribution in [1.82, 2.24) is 10.6 Å². The predicted molar refractivity (Wildman–Crippen MR) is 127 cm³/mol. The SMILES string of the molecule is CCC1O[C@H](C)C(NC(C)=O)[C@@H](O[C@H](C)C(C)=O)[C@@H]1O[C@@H]1O[C@@H](CC)[C@@H](C)C(C)C1NC(C)=O. The Morgan fingerprint density at radius 1 is 0.824 bits per heavy atom. The zero-order chi connectivity index (χ0) is 25.7. The molecule has 4 unspecified atom stereocenters. The zero-order valence-corrected chi connectivity index (χ0v) is 22.1. The second kappa shape index (κ2) is 12.4. The van der Waals surface area contributed by atoms with Crippen molar-refractivity contribution in [3.05, 3.63) is 0 Å². The summed E-state index contributed by atoms with van der Waals surface area (Å²) in [6.45, 7) is 16.2. The molecule has 2 saturated heterocycles. The van der Waals surface area contributed by atoms with Crippen molar-refractivity contribution in [2.45, 2.75) is 130 Å². The molecule has 11 atom stereocenters. The number of nitrogens with one attached hydrogen (secondary N) is 2. The standard InChI is InChI=1S/C25H44N2O7/c1-10-19-12(3)13(4)21(26-17(8)29)25(33-19)34-23-20(11-2)31-16(7)22(27-18(9)30)24(23)32-15(6)14(5)28/h12-13,15-16,19-25H,10-11H2,1-9H3,(H,26,29)(H,27,30)/t12-,13?,15+,16+,19-,20?,21?,22?,23+,24+,25-/m0/s1. The number of hydrogen-bond donors (Lipinski definition) is 2. The molecular weight excluding hydrogens is 440 g/mol. The summed E-state index contributed by atoms with van der Waals surface area (Å²) in [5.74, 6) is -0.172. The minimum absolute atomic E-state index is 0.0322. The fraction of sp³-hybridized carbons (Fsp3) is 0.880. The molecule has 0 bridgehead atoms. The van der Waals surface area contributed by atoms with E-state index in [0.717, 1.165) is 6.42 Å². The lowest BCUT2D eigenvalue weighted by atomic mass is 9.81. The number of rotatable bonds is 9. The van der Waals surface area contributed by atoms with Crippen molar-refractivity contribution in [1.29, 1.82) is 0 Å². The van der Waals surface area contributed by atoms with E-state index < -0.39 is 30.6 Å². The van der Waals surface area contributed by atoms with Gasteiger partial charge in [0.25, 0.3) is 0 Å². The summed E-state index contributed by atoms with van der Waals surface area (Å²) in [5, 5.41) is 5.94. The lowest BCUT2D eigenvalue weighted by Crippen LogP contribution is -2.67. The summed E-state index contributed by atoms with van der Waals surface area (Å²) in [4.78, 5) is 36.1. The molecule has 0 aromatic heterocycles. The van der Waals surface area contributed by atoms with Crippen LogP contribution in [0.2, 0.25) is 0 Å². The van der Waals surface area contributed by atoms with Gasteiger partial charge >= 0.3 is 0 Å². The highest BCUT2D eigenvalue weighted by molar-refractivity contribution is 5.80. The van der Waals surface area contributed by atoms with Crippen LogP contribution >= 0.6 is 0 Å². The summed E-state index contributed by atoms with van der Waals surface area (Å²) in [6.07, 6.45) is -1.97.